The summed E-state index contributed by atoms with van der Waals surface area (Å²) in [5.74, 6) is 3.93. The molecule has 0 spiro atoms. The van der Waals surface area contributed by atoms with Crippen molar-refractivity contribution >= 4 is 0 Å². The summed E-state index contributed by atoms with van der Waals surface area (Å²) in [4.78, 5) is 0. The molecule has 2 fully saturated rings. The molecule has 0 aromatic rings. The van der Waals surface area contributed by atoms with Gasteiger partial charge in [0, 0.05) is 5.92 Å². The highest BCUT2D eigenvalue weighted by Gasteiger charge is 2.33. The molecule has 3 aliphatic rings. The second-order valence-corrected chi connectivity index (χ2v) is 8.61. The minimum absolute atomic E-state index is 0.0715. The van der Waals surface area contributed by atoms with Gasteiger partial charge in [-0.25, -0.2) is 0 Å². The largest absolute Gasteiger partial charge is 0.392 e. The van der Waals surface area contributed by atoms with Gasteiger partial charge in [-0.15, -0.1) is 0 Å². The molecular formula is C22H36O. The molecule has 0 aromatic carbocycles. The van der Waals surface area contributed by atoms with Crippen molar-refractivity contribution < 1.29 is 5.11 Å². The Morgan fingerprint density at radius 3 is 2.39 bits per heavy atom. The summed E-state index contributed by atoms with van der Waals surface area (Å²) in [6, 6.07) is 0. The number of allylic oxidation sites excluding steroid dienone is 3. The van der Waals surface area contributed by atoms with E-state index in [9.17, 15) is 5.11 Å². The minimum atomic E-state index is -0.0715. The standard InChI is InChI=1S/C22H36O/c1-3-4-17-6-8-18(9-7-17)19-10-12-20(13-11-19)21-14-5-16(2)15-22(21)23/h3-4,12,16-19,21-23H,5-11,13-15H2,1-2H3/b4-3+. The molecule has 130 valence electrons. The average molecular weight is 317 g/mol. The summed E-state index contributed by atoms with van der Waals surface area (Å²) in [7, 11) is 0. The highest BCUT2D eigenvalue weighted by Crippen LogP contribution is 2.43. The first-order valence-corrected chi connectivity index (χ1v) is 10.2. The van der Waals surface area contributed by atoms with E-state index in [4.69, 9.17) is 0 Å². The molecule has 1 heteroatoms. The van der Waals surface area contributed by atoms with Crippen LogP contribution in [-0.2, 0) is 0 Å². The van der Waals surface area contributed by atoms with Crippen LogP contribution in [0.25, 0.3) is 0 Å². The predicted molar refractivity (Wildman–Crippen MR) is 98.2 cm³/mol. The third kappa shape index (κ3) is 4.29. The maximum Gasteiger partial charge on any atom is 0.0608 e. The van der Waals surface area contributed by atoms with Crippen LogP contribution in [0, 0.1) is 29.6 Å². The third-order valence-corrected chi connectivity index (χ3v) is 6.99. The fourth-order valence-corrected chi connectivity index (χ4v) is 5.50. The van der Waals surface area contributed by atoms with E-state index in [1.165, 1.54) is 57.8 Å². The SMILES string of the molecule is C/C=C/C1CCC(C2CC=C(C3CCC(C)CC3O)CC2)CC1. The number of rotatable bonds is 3. The topological polar surface area (TPSA) is 20.2 Å². The summed E-state index contributed by atoms with van der Waals surface area (Å²) >= 11 is 0. The molecule has 0 aliphatic heterocycles. The van der Waals surface area contributed by atoms with E-state index in [0.29, 0.717) is 11.8 Å². The quantitative estimate of drug-likeness (QED) is 0.643. The molecule has 3 aliphatic carbocycles. The van der Waals surface area contributed by atoms with E-state index in [1.807, 2.05) is 0 Å². The van der Waals surface area contributed by atoms with Crippen LogP contribution in [0.4, 0.5) is 0 Å². The molecule has 0 amide bonds. The van der Waals surface area contributed by atoms with Crippen LogP contribution in [0.3, 0.4) is 0 Å². The van der Waals surface area contributed by atoms with E-state index in [2.05, 4.69) is 32.1 Å². The van der Waals surface area contributed by atoms with Crippen LogP contribution in [0.5, 0.6) is 0 Å². The second-order valence-electron chi connectivity index (χ2n) is 8.61. The highest BCUT2D eigenvalue weighted by atomic mass is 16.3. The minimum Gasteiger partial charge on any atom is -0.392 e. The lowest BCUT2D eigenvalue weighted by Crippen LogP contribution is -2.31. The van der Waals surface area contributed by atoms with Gasteiger partial charge in [-0.1, -0.05) is 30.7 Å². The van der Waals surface area contributed by atoms with Crippen LogP contribution in [0.15, 0.2) is 23.8 Å². The van der Waals surface area contributed by atoms with Crippen molar-refractivity contribution in [1.82, 2.24) is 0 Å². The monoisotopic (exact) mass is 316 g/mol. The Balaban J connectivity index is 1.50. The maximum atomic E-state index is 10.4. The molecule has 4 atom stereocenters. The Morgan fingerprint density at radius 1 is 1.00 bits per heavy atom. The Kier molecular flexibility index (Phi) is 6.01. The zero-order chi connectivity index (χ0) is 16.2. The number of hydrogen-bond acceptors (Lipinski definition) is 1. The van der Waals surface area contributed by atoms with Gasteiger partial charge in [-0.05, 0) is 94.8 Å². The smallest absolute Gasteiger partial charge is 0.0608 e. The summed E-state index contributed by atoms with van der Waals surface area (Å²) in [5.41, 5.74) is 1.60. The fourth-order valence-electron chi connectivity index (χ4n) is 5.50. The van der Waals surface area contributed by atoms with Gasteiger partial charge in [0.15, 0.2) is 0 Å². The number of aliphatic hydroxyl groups is 1. The van der Waals surface area contributed by atoms with Gasteiger partial charge < -0.3 is 5.11 Å². The maximum absolute atomic E-state index is 10.4. The van der Waals surface area contributed by atoms with Crippen LogP contribution in [0.1, 0.15) is 78.1 Å². The molecular weight excluding hydrogens is 280 g/mol. The molecule has 1 nitrogen and oxygen atoms in total. The van der Waals surface area contributed by atoms with Crippen molar-refractivity contribution in [3.05, 3.63) is 23.8 Å². The van der Waals surface area contributed by atoms with Gasteiger partial charge in [0.05, 0.1) is 6.10 Å². The Labute approximate surface area is 143 Å². The fraction of sp³-hybridized carbons (Fsp3) is 0.818. The van der Waals surface area contributed by atoms with Gasteiger partial charge >= 0.3 is 0 Å². The molecule has 1 N–H and O–H groups in total. The first-order valence-electron chi connectivity index (χ1n) is 10.2. The molecule has 0 radical (unpaired) electrons. The molecule has 4 unspecified atom stereocenters. The molecule has 0 bridgehead atoms. The second kappa shape index (κ2) is 8.01. The van der Waals surface area contributed by atoms with Crippen LogP contribution >= 0.6 is 0 Å². The van der Waals surface area contributed by atoms with Gasteiger partial charge in [0.25, 0.3) is 0 Å². The third-order valence-electron chi connectivity index (χ3n) is 6.99. The molecule has 0 aromatic heterocycles. The van der Waals surface area contributed by atoms with E-state index in [0.717, 1.165) is 24.2 Å². The van der Waals surface area contributed by atoms with Crippen molar-refractivity contribution in [1.29, 1.82) is 0 Å². The molecule has 23 heavy (non-hydrogen) atoms. The van der Waals surface area contributed by atoms with Crippen molar-refractivity contribution in [3.8, 4) is 0 Å². The Morgan fingerprint density at radius 2 is 1.78 bits per heavy atom. The van der Waals surface area contributed by atoms with E-state index >= 15 is 0 Å². The molecule has 0 heterocycles. The first kappa shape index (κ1) is 17.3. The van der Waals surface area contributed by atoms with Gasteiger partial charge in [0.2, 0.25) is 0 Å². The van der Waals surface area contributed by atoms with Crippen molar-refractivity contribution in [2.45, 2.75) is 84.2 Å². The molecule has 2 saturated carbocycles. The normalized spacial score (nSPS) is 42.7. The zero-order valence-corrected chi connectivity index (χ0v) is 15.2. The summed E-state index contributed by atoms with van der Waals surface area (Å²) in [6.45, 7) is 4.44. The van der Waals surface area contributed by atoms with Crippen LogP contribution < -0.4 is 0 Å². The number of aliphatic hydroxyl groups excluding tert-OH is 1. The summed E-state index contributed by atoms with van der Waals surface area (Å²) in [6.07, 6.45) is 20.3. The van der Waals surface area contributed by atoms with Gasteiger partial charge in [-0.2, -0.15) is 0 Å². The lowest BCUT2D eigenvalue weighted by Gasteiger charge is -2.38. The Bertz CT molecular complexity index is 427. The predicted octanol–water partition coefficient (Wildman–Crippen LogP) is 5.89. The molecule has 3 rings (SSSR count). The van der Waals surface area contributed by atoms with Gasteiger partial charge in [-0.3, -0.25) is 0 Å². The first-order chi connectivity index (χ1) is 11.2. The van der Waals surface area contributed by atoms with E-state index in [1.54, 1.807) is 5.57 Å². The van der Waals surface area contributed by atoms with Crippen LogP contribution in [-0.4, -0.2) is 11.2 Å². The Hall–Kier alpha value is -0.560. The summed E-state index contributed by atoms with van der Waals surface area (Å²) in [5, 5.41) is 10.4. The number of hydrogen-bond donors (Lipinski definition) is 1. The van der Waals surface area contributed by atoms with Crippen molar-refractivity contribution in [3.63, 3.8) is 0 Å². The lowest BCUT2D eigenvalue weighted by molar-refractivity contribution is 0.0618. The van der Waals surface area contributed by atoms with Crippen molar-refractivity contribution in [2.75, 3.05) is 0 Å². The zero-order valence-electron chi connectivity index (χ0n) is 15.2. The highest BCUT2D eigenvalue weighted by molar-refractivity contribution is 5.14. The van der Waals surface area contributed by atoms with Crippen LogP contribution in [0.2, 0.25) is 0 Å². The summed E-state index contributed by atoms with van der Waals surface area (Å²) < 4.78 is 0. The van der Waals surface area contributed by atoms with Gasteiger partial charge in [0.1, 0.15) is 0 Å². The van der Waals surface area contributed by atoms with E-state index < -0.39 is 0 Å². The average Bonchev–Trinajstić information content (AvgIpc) is 2.56. The molecule has 0 saturated heterocycles. The lowest BCUT2D eigenvalue weighted by atomic mass is 9.68. The van der Waals surface area contributed by atoms with E-state index in [-0.39, 0.29) is 6.10 Å². The van der Waals surface area contributed by atoms with Crippen molar-refractivity contribution in [2.24, 2.45) is 29.6 Å².